The largest absolute Gasteiger partial charge is 0.381 e. The molecule has 1 aliphatic heterocycles. The highest BCUT2D eigenvalue weighted by Crippen LogP contribution is 2.30. The van der Waals surface area contributed by atoms with Crippen LogP contribution in [0.15, 0.2) is 18.2 Å². The molecule has 0 spiro atoms. The molecular weight excluding hydrogens is 312 g/mol. The fourth-order valence-corrected chi connectivity index (χ4v) is 3.45. The Kier molecular flexibility index (Phi) is 4.43. The number of amides is 1. The van der Waals surface area contributed by atoms with Gasteiger partial charge in [-0.25, -0.2) is 0 Å². The number of carbonyl (C=O) groups excluding carboxylic acids is 1. The van der Waals surface area contributed by atoms with Gasteiger partial charge in [0.1, 0.15) is 10.5 Å². The lowest BCUT2D eigenvalue weighted by molar-refractivity contribution is -0.124. The lowest BCUT2D eigenvalue weighted by Crippen LogP contribution is -2.54. The van der Waals surface area contributed by atoms with Crippen molar-refractivity contribution in [2.24, 2.45) is 5.73 Å². The molecule has 0 saturated carbocycles. The van der Waals surface area contributed by atoms with Gasteiger partial charge in [0, 0.05) is 18.8 Å². The van der Waals surface area contributed by atoms with E-state index in [1.54, 1.807) is 0 Å². The number of hydrogen-bond acceptors (Lipinski definition) is 6. The first-order valence-electron chi connectivity index (χ1n) is 7.57. The monoisotopic (exact) mass is 332 g/mol. The number of rotatable bonds is 3. The second kappa shape index (κ2) is 6.35. The summed E-state index contributed by atoms with van der Waals surface area (Å²) in [7, 11) is 0. The molecule has 3 N–H and O–H groups in total. The predicted octanol–water partition coefficient (Wildman–Crippen LogP) is 2.27. The first-order valence-corrected chi connectivity index (χ1v) is 8.39. The zero-order chi connectivity index (χ0) is 16.4. The fraction of sp³-hybridized carbons (Fsp3) is 0.438. The normalized spacial score (nSPS) is 17.0. The van der Waals surface area contributed by atoms with Crippen LogP contribution in [-0.4, -0.2) is 34.9 Å². The summed E-state index contributed by atoms with van der Waals surface area (Å²) in [6, 6.07) is 6.17. The van der Waals surface area contributed by atoms with Gasteiger partial charge < -0.3 is 10.5 Å². The lowest BCUT2D eigenvalue weighted by Gasteiger charge is -2.31. The third-order valence-electron chi connectivity index (χ3n) is 4.10. The van der Waals surface area contributed by atoms with Crippen LogP contribution in [0, 0.1) is 13.8 Å². The number of aromatic nitrogens is 2. The molecule has 7 heteroatoms. The molecule has 2 heterocycles. The molecule has 0 radical (unpaired) electrons. The first kappa shape index (κ1) is 16.0. The molecule has 2 aromatic rings. The second-order valence-corrected chi connectivity index (χ2v) is 6.93. The zero-order valence-corrected chi connectivity index (χ0v) is 14.1. The number of anilines is 1. The summed E-state index contributed by atoms with van der Waals surface area (Å²) < 4.78 is 5.26. The van der Waals surface area contributed by atoms with E-state index in [0.29, 0.717) is 31.2 Å². The molecule has 122 valence electrons. The molecular formula is C16H20N4O2S. The third kappa shape index (κ3) is 3.41. The van der Waals surface area contributed by atoms with Gasteiger partial charge in [0.05, 0.1) is 0 Å². The minimum absolute atomic E-state index is 0.218. The van der Waals surface area contributed by atoms with Crippen LogP contribution >= 0.6 is 11.3 Å². The van der Waals surface area contributed by atoms with Crippen LogP contribution in [-0.2, 0) is 9.53 Å². The number of benzene rings is 1. The molecule has 1 amide bonds. The Morgan fingerprint density at radius 3 is 2.74 bits per heavy atom. The van der Waals surface area contributed by atoms with Gasteiger partial charge >= 0.3 is 0 Å². The lowest BCUT2D eigenvalue weighted by atomic mass is 9.90. The molecule has 0 unspecified atom stereocenters. The standard InChI is InChI=1S/C16H20N4O2S/c1-10-3-4-12(11(2)9-10)13-19-20-15(23-13)18-14(21)16(17)5-7-22-8-6-16/h3-4,9H,5-8,17H2,1-2H3,(H,18,20,21). The van der Waals surface area contributed by atoms with E-state index in [-0.39, 0.29) is 5.91 Å². The van der Waals surface area contributed by atoms with E-state index in [1.807, 2.05) is 19.1 Å². The summed E-state index contributed by atoms with van der Waals surface area (Å²) in [5.74, 6) is -0.218. The molecule has 0 atom stereocenters. The molecule has 1 aromatic heterocycles. The van der Waals surface area contributed by atoms with Crippen molar-refractivity contribution in [2.45, 2.75) is 32.2 Å². The van der Waals surface area contributed by atoms with Crippen LogP contribution in [0.2, 0.25) is 0 Å². The maximum atomic E-state index is 12.4. The molecule has 6 nitrogen and oxygen atoms in total. The summed E-state index contributed by atoms with van der Waals surface area (Å²) in [5, 5.41) is 12.3. The highest BCUT2D eigenvalue weighted by Gasteiger charge is 2.36. The Labute approximate surface area is 139 Å². The van der Waals surface area contributed by atoms with Crippen molar-refractivity contribution >= 4 is 22.4 Å². The molecule has 1 aromatic carbocycles. The van der Waals surface area contributed by atoms with Crippen LogP contribution < -0.4 is 11.1 Å². The minimum Gasteiger partial charge on any atom is -0.381 e. The highest BCUT2D eigenvalue weighted by molar-refractivity contribution is 7.18. The van der Waals surface area contributed by atoms with Crippen LogP contribution in [0.3, 0.4) is 0 Å². The van der Waals surface area contributed by atoms with Crippen LogP contribution in [0.4, 0.5) is 5.13 Å². The number of hydrogen-bond donors (Lipinski definition) is 2. The van der Waals surface area contributed by atoms with E-state index in [9.17, 15) is 4.79 Å². The van der Waals surface area contributed by atoms with E-state index in [0.717, 1.165) is 16.1 Å². The number of nitrogens with one attached hydrogen (secondary N) is 1. The van der Waals surface area contributed by atoms with Crippen molar-refractivity contribution < 1.29 is 9.53 Å². The molecule has 1 fully saturated rings. The van der Waals surface area contributed by atoms with Crippen LogP contribution in [0.5, 0.6) is 0 Å². The van der Waals surface area contributed by atoms with Crippen molar-refractivity contribution in [3.8, 4) is 10.6 Å². The summed E-state index contributed by atoms with van der Waals surface area (Å²) in [4.78, 5) is 12.4. The van der Waals surface area contributed by atoms with E-state index >= 15 is 0 Å². The Balaban J connectivity index is 1.75. The average molecular weight is 332 g/mol. The fourth-order valence-electron chi connectivity index (χ4n) is 2.62. The van der Waals surface area contributed by atoms with Gasteiger partial charge in [0.15, 0.2) is 0 Å². The van der Waals surface area contributed by atoms with E-state index in [2.05, 4.69) is 28.5 Å². The van der Waals surface area contributed by atoms with Crippen molar-refractivity contribution in [3.63, 3.8) is 0 Å². The van der Waals surface area contributed by atoms with Crippen molar-refractivity contribution in [3.05, 3.63) is 29.3 Å². The van der Waals surface area contributed by atoms with Gasteiger partial charge in [-0.3, -0.25) is 10.1 Å². The Morgan fingerprint density at radius 1 is 1.30 bits per heavy atom. The first-order chi connectivity index (χ1) is 11.0. The maximum absolute atomic E-state index is 12.4. The third-order valence-corrected chi connectivity index (χ3v) is 4.97. The number of aryl methyl sites for hydroxylation is 2. The van der Waals surface area contributed by atoms with Gasteiger partial charge in [0.25, 0.3) is 0 Å². The summed E-state index contributed by atoms with van der Waals surface area (Å²) in [6.45, 7) is 5.11. The Bertz CT molecular complexity index is 723. The van der Waals surface area contributed by atoms with Crippen LogP contribution in [0.25, 0.3) is 10.6 Å². The van der Waals surface area contributed by atoms with Crippen molar-refractivity contribution in [1.29, 1.82) is 0 Å². The van der Waals surface area contributed by atoms with Crippen molar-refractivity contribution in [1.82, 2.24) is 10.2 Å². The molecule has 1 saturated heterocycles. The van der Waals surface area contributed by atoms with Crippen molar-refractivity contribution in [2.75, 3.05) is 18.5 Å². The Morgan fingerprint density at radius 2 is 2.04 bits per heavy atom. The summed E-state index contributed by atoms with van der Waals surface area (Å²) in [6.07, 6.45) is 1.03. The average Bonchev–Trinajstić information content (AvgIpc) is 2.96. The zero-order valence-electron chi connectivity index (χ0n) is 13.3. The van der Waals surface area contributed by atoms with E-state index < -0.39 is 5.54 Å². The molecule has 0 bridgehead atoms. The van der Waals surface area contributed by atoms with Gasteiger partial charge in [-0.2, -0.15) is 0 Å². The number of nitrogens with two attached hydrogens (primary N) is 1. The SMILES string of the molecule is Cc1ccc(-c2nnc(NC(=O)C3(N)CCOCC3)s2)c(C)c1. The van der Waals surface area contributed by atoms with Gasteiger partial charge in [-0.15, -0.1) is 10.2 Å². The number of ether oxygens (including phenoxy) is 1. The topological polar surface area (TPSA) is 90.1 Å². The quantitative estimate of drug-likeness (QED) is 0.900. The van der Waals surface area contributed by atoms with Gasteiger partial charge in [0.2, 0.25) is 11.0 Å². The smallest absolute Gasteiger partial charge is 0.246 e. The maximum Gasteiger partial charge on any atom is 0.246 e. The highest BCUT2D eigenvalue weighted by atomic mass is 32.1. The van der Waals surface area contributed by atoms with E-state index in [4.69, 9.17) is 10.5 Å². The number of nitrogens with zero attached hydrogens (tertiary/aromatic N) is 2. The van der Waals surface area contributed by atoms with E-state index in [1.165, 1.54) is 16.9 Å². The minimum atomic E-state index is -0.885. The molecule has 3 rings (SSSR count). The summed E-state index contributed by atoms with van der Waals surface area (Å²) in [5.41, 5.74) is 8.66. The second-order valence-electron chi connectivity index (χ2n) is 5.95. The predicted molar refractivity (Wildman–Crippen MR) is 90.4 cm³/mol. The van der Waals surface area contributed by atoms with Gasteiger partial charge in [-0.05, 0) is 32.3 Å². The molecule has 0 aliphatic carbocycles. The van der Waals surface area contributed by atoms with Crippen LogP contribution in [0.1, 0.15) is 24.0 Å². The van der Waals surface area contributed by atoms with Gasteiger partial charge in [-0.1, -0.05) is 35.1 Å². The number of carbonyl (C=O) groups is 1. The summed E-state index contributed by atoms with van der Waals surface area (Å²) >= 11 is 1.36. The molecule has 1 aliphatic rings. The Hall–Kier alpha value is -1.83. The molecule has 23 heavy (non-hydrogen) atoms.